The highest BCUT2D eigenvalue weighted by Gasteiger charge is 2.53. The number of nitrogens with zero attached hydrogens (tertiary/aromatic N) is 1. The number of rotatable bonds is 10. The minimum absolute atomic E-state index is 0.0493. The summed E-state index contributed by atoms with van der Waals surface area (Å²) in [5.41, 5.74) is 4.85. The van der Waals surface area contributed by atoms with Crippen LogP contribution in [0.15, 0.2) is 24.3 Å². The van der Waals surface area contributed by atoms with Gasteiger partial charge in [0.15, 0.2) is 0 Å². The van der Waals surface area contributed by atoms with Gasteiger partial charge in [0, 0.05) is 5.56 Å². The van der Waals surface area contributed by atoms with Crippen LogP contribution in [0.25, 0.3) is 11.6 Å². The summed E-state index contributed by atoms with van der Waals surface area (Å²) in [6.07, 6.45) is 19.9. The molecule has 3 nitrogen and oxygen atoms in total. The summed E-state index contributed by atoms with van der Waals surface area (Å²) in [6.45, 7) is 13.4. The minimum Gasteiger partial charge on any atom is -0.618 e. The third-order valence-corrected chi connectivity index (χ3v) is 7.98. The molecule has 34 heavy (non-hydrogen) atoms. The van der Waals surface area contributed by atoms with Crippen LogP contribution in [-0.4, -0.2) is 16.1 Å². The van der Waals surface area contributed by atoms with Crippen LogP contribution in [0.3, 0.4) is 0 Å². The molecule has 3 heteroatoms. The van der Waals surface area contributed by atoms with Crippen LogP contribution in [0.2, 0.25) is 0 Å². The van der Waals surface area contributed by atoms with Crippen molar-refractivity contribution in [3.8, 4) is 5.75 Å². The molecular formula is C31H45NO2. The van der Waals surface area contributed by atoms with Gasteiger partial charge in [-0.3, -0.25) is 0 Å². The maximum Gasteiger partial charge on any atom is 0.228 e. The lowest BCUT2D eigenvalue weighted by molar-refractivity contribution is -0.362. The summed E-state index contributed by atoms with van der Waals surface area (Å²) in [6, 6.07) is 4.20. The molecule has 0 amide bonds. The number of benzene rings is 1. The number of fused-ring (bicyclic) bond motifs is 4. The first-order valence-corrected chi connectivity index (χ1v) is 13.8. The van der Waals surface area contributed by atoms with E-state index in [2.05, 4.69) is 65.8 Å². The molecule has 1 aromatic carbocycles. The Hall–Kier alpha value is -2.03. The lowest BCUT2D eigenvalue weighted by atomic mass is 9.59. The van der Waals surface area contributed by atoms with Crippen molar-refractivity contribution in [2.45, 2.75) is 118 Å². The van der Waals surface area contributed by atoms with Gasteiger partial charge in [-0.2, -0.15) is 4.74 Å². The fraction of sp³-hybridized carbons (Fsp3) is 0.645. The van der Waals surface area contributed by atoms with Gasteiger partial charge in [-0.25, -0.2) is 0 Å². The Morgan fingerprint density at radius 2 is 1.56 bits per heavy atom. The van der Waals surface area contributed by atoms with Crippen LogP contribution in [0, 0.1) is 16.0 Å². The van der Waals surface area contributed by atoms with Crippen LogP contribution in [0.5, 0.6) is 5.75 Å². The van der Waals surface area contributed by atoms with Gasteiger partial charge in [0.1, 0.15) is 11.4 Å². The Labute approximate surface area is 207 Å². The standard InChI is InChI=1S/C31H45NO2/c1-7-9-11-13-16-31(17-14-12-10-8-2)22-29(3,4)21-25-24-19-23-15-18-30(5,6)34-27(23)20-26(24)32(33)28(25)31/h15,18-21H,7-14,16-17,22H2,1-6H3. The molecular weight excluding hydrogens is 418 g/mol. The molecule has 2 heterocycles. The fourth-order valence-corrected chi connectivity index (χ4v) is 6.52. The van der Waals surface area contributed by atoms with E-state index >= 15 is 0 Å². The average Bonchev–Trinajstić information content (AvgIpc) is 3.03. The maximum absolute atomic E-state index is 14.0. The highest BCUT2D eigenvalue weighted by molar-refractivity contribution is 6.28. The first-order valence-electron chi connectivity index (χ1n) is 13.8. The quantitative estimate of drug-likeness (QED) is 0.197. The number of hydrogen-bond acceptors (Lipinski definition) is 2. The monoisotopic (exact) mass is 463 g/mol. The van der Waals surface area contributed by atoms with Crippen molar-refractivity contribution in [2.24, 2.45) is 10.8 Å². The summed E-state index contributed by atoms with van der Waals surface area (Å²) in [5, 5.41) is 14.0. The van der Waals surface area contributed by atoms with Gasteiger partial charge in [0.05, 0.1) is 22.6 Å². The molecule has 0 N–H and O–H groups in total. The number of allylic oxidation sites excluding steroid dienone is 2. The molecule has 4 rings (SSSR count). The molecule has 0 atom stereocenters. The molecule has 1 aliphatic carbocycles. The normalized spacial score (nSPS) is 20.9. The lowest BCUT2D eigenvalue weighted by Crippen LogP contribution is -2.41. The molecule has 0 aromatic heterocycles. The van der Waals surface area contributed by atoms with Crippen molar-refractivity contribution >= 4 is 23.0 Å². The molecule has 0 bridgehead atoms. The minimum atomic E-state index is -0.350. The smallest absolute Gasteiger partial charge is 0.228 e. The third-order valence-electron chi connectivity index (χ3n) is 7.98. The highest BCUT2D eigenvalue weighted by Crippen LogP contribution is 2.56. The zero-order valence-corrected chi connectivity index (χ0v) is 22.4. The largest absolute Gasteiger partial charge is 0.618 e. The topological polar surface area (TPSA) is 35.3 Å². The van der Waals surface area contributed by atoms with Crippen molar-refractivity contribution in [1.82, 2.24) is 0 Å². The number of ether oxygens (including phenoxy) is 1. The lowest BCUT2D eigenvalue weighted by Gasteiger charge is -2.42. The van der Waals surface area contributed by atoms with E-state index in [0.29, 0.717) is 0 Å². The van der Waals surface area contributed by atoms with E-state index in [4.69, 9.17) is 4.74 Å². The van der Waals surface area contributed by atoms with Gasteiger partial charge >= 0.3 is 0 Å². The Morgan fingerprint density at radius 3 is 2.18 bits per heavy atom. The zero-order chi connectivity index (χ0) is 24.6. The fourth-order valence-electron chi connectivity index (χ4n) is 6.52. The van der Waals surface area contributed by atoms with Crippen LogP contribution in [0.1, 0.15) is 123 Å². The summed E-state index contributed by atoms with van der Waals surface area (Å²) < 4.78 is 7.54. The Kier molecular flexibility index (Phi) is 7.04. The van der Waals surface area contributed by atoms with Crippen LogP contribution in [-0.2, 0) is 0 Å². The van der Waals surface area contributed by atoms with Crippen molar-refractivity contribution in [3.63, 3.8) is 0 Å². The Morgan fingerprint density at radius 1 is 0.912 bits per heavy atom. The van der Waals surface area contributed by atoms with Gasteiger partial charge in [-0.05, 0) is 50.7 Å². The zero-order valence-electron chi connectivity index (χ0n) is 22.4. The molecule has 0 unspecified atom stereocenters. The molecule has 186 valence electrons. The van der Waals surface area contributed by atoms with Crippen molar-refractivity contribution in [2.75, 3.05) is 0 Å². The van der Waals surface area contributed by atoms with Crippen molar-refractivity contribution in [3.05, 3.63) is 40.6 Å². The van der Waals surface area contributed by atoms with Crippen LogP contribution in [0.4, 0.5) is 5.69 Å². The van der Waals surface area contributed by atoms with E-state index in [-0.39, 0.29) is 16.4 Å². The van der Waals surface area contributed by atoms with Crippen LogP contribution < -0.4 is 4.74 Å². The average molecular weight is 464 g/mol. The van der Waals surface area contributed by atoms with Crippen molar-refractivity contribution < 1.29 is 9.48 Å². The molecule has 0 spiro atoms. The summed E-state index contributed by atoms with van der Waals surface area (Å²) in [4.78, 5) is 0. The highest BCUT2D eigenvalue weighted by atomic mass is 16.5. The SMILES string of the molecule is CCCCCCC1(CCCCCC)CC(C)(C)C=C2C1=[N+]([O-])c1cc3c(cc12)C=CC(C)(C)O3. The first-order chi connectivity index (χ1) is 16.1. The molecule has 2 aliphatic heterocycles. The Bertz CT molecular complexity index is 997. The summed E-state index contributed by atoms with van der Waals surface area (Å²) in [7, 11) is 0. The van der Waals surface area contributed by atoms with E-state index in [1.807, 2.05) is 6.07 Å². The van der Waals surface area contributed by atoms with E-state index in [9.17, 15) is 5.21 Å². The number of hydrogen-bond donors (Lipinski definition) is 0. The van der Waals surface area contributed by atoms with E-state index in [1.54, 1.807) is 0 Å². The van der Waals surface area contributed by atoms with E-state index in [0.717, 1.165) is 47.5 Å². The maximum atomic E-state index is 14.0. The molecule has 0 fully saturated rings. The second-order valence-electron chi connectivity index (χ2n) is 12.2. The molecule has 0 radical (unpaired) electrons. The van der Waals surface area contributed by atoms with Gasteiger partial charge in [0.2, 0.25) is 11.4 Å². The second kappa shape index (κ2) is 9.55. The van der Waals surface area contributed by atoms with Gasteiger partial charge in [0.25, 0.3) is 0 Å². The second-order valence-corrected chi connectivity index (χ2v) is 12.2. The molecule has 3 aliphatic rings. The van der Waals surface area contributed by atoms with Gasteiger partial charge in [-0.15, -0.1) is 0 Å². The molecule has 0 saturated carbocycles. The number of unbranched alkanes of at least 4 members (excludes halogenated alkanes) is 6. The summed E-state index contributed by atoms with van der Waals surface area (Å²) >= 11 is 0. The third kappa shape index (κ3) is 4.86. The van der Waals surface area contributed by atoms with E-state index < -0.39 is 0 Å². The Balaban J connectivity index is 1.78. The van der Waals surface area contributed by atoms with Crippen LogP contribution >= 0.6 is 0 Å². The summed E-state index contributed by atoms with van der Waals surface area (Å²) in [5.74, 6) is 0.822. The van der Waals surface area contributed by atoms with Gasteiger partial charge < -0.3 is 9.94 Å². The van der Waals surface area contributed by atoms with Gasteiger partial charge in [-0.1, -0.05) is 91.2 Å². The predicted octanol–water partition coefficient (Wildman–Crippen LogP) is 9.21. The molecule has 1 aromatic rings. The van der Waals surface area contributed by atoms with E-state index in [1.165, 1.54) is 61.7 Å². The predicted molar refractivity (Wildman–Crippen MR) is 145 cm³/mol. The van der Waals surface area contributed by atoms with Crippen molar-refractivity contribution in [1.29, 1.82) is 0 Å². The molecule has 0 saturated heterocycles. The first kappa shape index (κ1) is 25.1.